The van der Waals surface area contributed by atoms with Crippen molar-refractivity contribution in [2.24, 2.45) is 4.36 Å². The molecular weight excluding hydrogens is 426 g/mol. The Bertz CT molecular complexity index is 1150. The molecule has 0 aliphatic heterocycles. The van der Waals surface area contributed by atoms with Gasteiger partial charge in [-0.25, -0.2) is 4.21 Å². The topological polar surface area (TPSA) is 38.7 Å². The van der Waals surface area contributed by atoms with Crippen molar-refractivity contribution < 1.29 is 8.39 Å². The largest absolute Gasteiger partial charge is 0.285 e. The second-order valence-electron chi connectivity index (χ2n) is 7.83. The second kappa shape index (κ2) is 10.6. The van der Waals surface area contributed by atoms with Crippen LogP contribution in [0.2, 0.25) is 0 Å². The first-order valence-electron chi connectivity index (χ1n) is 11.3. The van der Waals surface area contributed by atoms with Gasteiger partial charge in [-0.15, -0.1) is 0 Å². The number of hydrogen-bond donors (Lipinski definition) is 0. The summed E-state index contributed by atoms with van der Waals surface area (Å²) in [4.78, 5) is 0. The SMILES string of the molecule is CCOS(=O)(CCc1ccccc1)=NC(c1ccccc1)(c1ccccc1)c1ccccc1. The Balaban J connectivity index is 1.96. The van der Waals surface area contributed by atoms with Gasteiger partial charge in [0.15, 0.2) is 10.0 Å². The Kier molecular flexibility index (Phi) is 7.38. The van der Waals surface area contributed by atoms with Crippen LogP contribution in [0.5, 0.6) is 0 Å². The molecule has 4 rings (SSSR count). The summed E-state index contributed by atoms with van der Waals surface area (Å²) in [6, 6.07) is 40.3. The van der Waals surface area contributed by atoms with Crippen LogP contribution in [0.1, 0.15) is 29.2 Å². The minimum absolute atomic E-state index is 0.319. The van der Waals surface area contributed by atoms with Crippen molar-refractivity contribution in [2.75, 3.05) is 12.4 Å². The van der Waals surface area contributed by atoms with Gasteiger partial charge in [-0.2, -0.15) is 4.36 Å². The molecule has 0 aliphatic carbocycles. The molecule has 0 amide bonds. The summed E-state index contributed by atoms with van der Waals surface area (Å²) in [6.45, 7) is 2.19. The van der Waals surface area contributed by atoms with Crippen molar-refractivity contribution >= 4 is 10.0 Å². The van der Waals surface area contributed by atoms with Crippen molar-refractivity contribution in [2.45, 2.75) is 18.9 Å². The maximum Gasteiger partial charge on any atom is 0.165 e. The molecule has 0 radical (unpaired) electrons. The van der Waals surface area contributed by atoms with E-state index < -0.39 is 15.5 Å². The van der Waals surface area contributed by atoms with Gasteiger partial charge in [0.2, 0.25) is 0 Å². The molecule has 0 heterocycles. The van der Waals surface area contributed by atoms with Gasteiger partial charge in [0.1, 0.15) is 5.54 Å². The summed E-state index contributed by atoms with van der Waals surface area (Å²) >= 11 is 0. The van der Waals surface area contributed by atoms with E-state index in [2.05, 4.69) is 0 Å². The summed E-state index contributed by atoms with van der Waals surface area (Å²) in [6.07, 6.45) is 0.623. The van der Waals surface area contributed by atoms with Crippen molar-refractivity contribution in [1.29, 1.82) is 0 Å². The maximum absolute atomic E-state index is 14.3. The van der Waals surface area contributed by atoms with Crippen LogP contribution >= 0.6 is 0 Å². The lowest BCUT2D eigenvalue weighted by atomic mass is 9.78. The van der Waals surface area contributed by atoms with Crippen LogP contribution in [0.4, 0.5) is 0 Å². The average Bonchev–Trinajstić information content (AvgIpc) is 2.89. The highest BCUT2D eigenvalue weighted by Crippen LogP contribution is 2.41. The van der Waals surface area contributed by atoms with Gasteiger partial charge in [-0.3, -0.25) is 4.18 Å². The van der Waals surface area contributed by atoms with E-state index in [1.54, 1.807) is 0 Å². The third-order valence-corrected chi connectivity index (χ3v) is 7.52. The second-order valence-corrected chi connectivity index (χ2v) is 9.82. The highest BCUT2D eigenvalue weighted by molar-refractivity contribution is 7.89. The minimum atomic E-state index is -3.01. The molecule has 0 aliphatic rings. The highest BCUT2D eigenvalue weighted by atomic mass is 32.2. The smallest absolute Gasteiger partial charge is 0.165 e. The third kappa shape index (κ3) is 5.24. The summed E-state index contributed by atoms with van der Waals surface area (Å²) in [7, 11) is -3.01. The standard InChI is InChI=1S/C29H29NO2S/c1-2-32-33(31,24-23-25-15-7-3-8-16-25)30-29(26-17-9-4-10-18-26,27-19-11-5-12-20-27)28-21-13-6-14-22-28/h3-22H,2,23-24H2,1H3. The predicted molar refractivity (Wildman–Crippen MR) is 136 cm³/mol. The van der Waals surface area contributed by atoms with Gasteiger partial charge in [-0.05, 0) is 35.6 Å². The molecule has 0 spiro atoms. The van der Waals surface area contributed by atoms with Gasteiger partial charge in [0.25, 0.3) is 0 Å². The van der Waals surface area contributed by atoms with Gasteiger partial charge in [-0.1, -0.05) is 121 Å². The molecule has 33 heavy (non-hydrogen) atoms. The summed E-state index contributed by atoms with van der Waals surface area (Å²) in [5, 5.41) is 0. The molecule has 1 atom stereocenters. The van der Waals surface area contributed by atoms with Gasteiger partial charge < -0.3 is 0 Å². The number of aryl methyl sites for hydroxylation is 1. The van der Waals surface area contributed by atoms with Crippen LogP contribution in [-0.4, -0.2) is 16.6 Å². The Morgan fingerprint density at radius 1 is 0.667 bits per heavy atom. The third-order valence-electron chi connectivity index (χ3n) is 5.64. The molecule has 0 bridgehead atoms. The lowest BCUT2D eigenvalue weighted by molar-refractivity contribution is 0.360. The van der Waals surface area contributed by atoms with E-state index in [1.165, 1.54) is 0 Å². The van der Waals surface area contributed by atoms with Crippen LogP contribution in [0.15, 0.2) is 126 Å². The Morgan fingerprint density at radius 3 is 1.45 bits per heavy atom. The van der Waals surface area contributed by atoms with Crippen molar-refractivity contribution in [3.05, 3.63) is 144 Å². The zero-order valence-electron chi connectivity index (χ0n) is 18.8. The van der Waals surface area contributed by atoms with Crippen LogP contribution < -0.4 is 0 Å². The van der Waals surface area contributed by atoms with E-state index in [0.717, 1.165) is 22.3 Å². The molecule has 3 nitrogen and oxygen atoms in total. The fourth-order valence-electron chi connectivity index (χ4n) is 4.11. The molecular formula is C29H29NO2S. The number of nitrogens with zero attached hydrogens (tertiary/aromatic N) is 1. The highest BCUT2D eigenvalue weighted by Gasteiger charge is 2.38. The van der Waals surface area contributed by atoms with Crippen molar-refractivity contribution in [3.63, 3.8) is 0 Å². The summed E-state index contributed by atoms with van der Waals surface area (Å²) < 4.78 is 25.4. The molecule has 0 saturated heterocycles. The molecule has 4 heteroatoms. The Labute approximate surface area is 197 Å². The fourth-order valence-corrected chi connectivity index (χ4v) is 5.97. The zero-order chi connectivity index (χ0) is 23.0. The van der Waals surface area contributed by atoms with E-state index in [0.29, 0.717) is 18.8 Å². The van der Waals surface area contributed by atoms with Crippen molar-refractivity contribution in [1.82, 2.24) is 0 Å². The molecule has 4 aromatic carbocycles. The average molecular weight is 456 g/mol. The molecule has 1 unspecified atom stereocenters. The van der Waals surface area contributed by atoms with Crippen molar-refractivity contribution in [3.8, 4) is 0 Å². The number of benzene rings is 4. The quantitative estimate of drug-likeness (QED) is 0.265. The number of hydrogen-bond acceptors (Lipinski definition) is 3. The van der Waals surface area contributed by atoms with Crippen LogP contribution in [0.25, 0.3) is 0 Å². The lowest BCUT2D eigenvalue weighted by Gasteiger charge is -2.33. The normalized spacial score (nSPS) is 13.2. The predicted octanol–water partition coefficient (Wildman–Crippen LogP) is 6.64. The molecule has 0 saturated carbocycles. The van der Waals surface area contributed by atoms with Gasteiger partial charge in [0, 0.05) is 0 Å². The van der Waals surface area contributed by atoms with Crippen LogP contribution in [0.3, 0.4) is 0 Å². The Hall–Kier alpha value is -3.21. The molecule has 168 valence electrons. The van der Waals surface area contributed by atoms with Gasteiger partial charge in [0.05, 0.1) is 12.4 Å². The van der Waals surface area contributed by atoms with Crippen LogP contribution in [0, 0.1) is 0 Å². The molecule has 0 N–H and O–H groups in total. The van der Waals surface area contributed by atoms with E-state index in [4.69, 9.17) is 8.55 Å². The minimum Gasteiger partial charge on any atom is -0.285 e. The fraction of sp³-hybridized carbons (Fsp3) is 0.172. The van der Waals surface area contributed by atoms with E-state index >= 15 is 0 Å². The first-order chi connectivity index (χ1) is 16.2. The first kappa shape index (κ1) is 23.0. The number of rotatable bonds is 9. The summed E-state index contributed by atoms with van der Waals surface area (Å²) in [5.41, 5.74) is 3.01. The van der Waals surface area contributed by atoms with Crippen LogP contribution in [-0.2, 0) is 26.2 Å². The molecule has 0 aromatic heterocycles. The van der Waals surface area contributed by atoms with E-state index in [-0.39, 0.29) is 0 Å². The maximum atomic E-state index is 14.3. The molecule has 4 aromatic rings. The summed E-state index contributed by atoms with van der Waals surface area (Å²) in [5.74, 6) is 0.319. The van der Waals surface area contributed by atoms with E-state index in [9.17, 15) is 4.21 Å². The van der Waals surface area contributed by atoms with Gasteiger partial charge >= 0.3 is 0 Å². The monoisotopic (exact) mass is 455 g/mol. The molecule has 0 fully saturated rings. The van der Waals surface area contributed by atoms with E-state index in [1.807, 2.05) is 128 Å². The Morgan fingerprint density at radius 2 is 1.06 bits per heavy atom. The zero-order valence-corrected chi connectivity index (χ0v) is 19.7. The lowest BCUT2D eigenvalue weighted by Crippen LogP contribution is -2.30. The first-order valence-corrected chi connectivity index (χ1v) is 12.9.